The Bertz CT molecular complexity index is 1760. The lowest BCUT2D eigenvalue weighted by Crippen LogP contribution is -2.34. The number of ether oxygens (including phenoxy) is 2. The molecule has 3 heterocycles. The van der Waals surface area contributed by atoms with Gasteiger partial charge in [0.15, 0.2) is 5.82 Å². The highest BCUT2D eigenvalue weighted by atomic mass is 16.5. The minimum Gasteiger partial charge on any atom is -0.481 e. The van der Waals surface area contributed by atoms with E-state index in [9.17, 15) is 9.59 Å². The second-order valence-corrected chi connectivity index (χ2v) is 10.4. The largest absolute Gasteiger partial charge is 0.481 e. The number of carbonyl (C=O) groups excluding carboxylic acids is 1. The Morgan fingerprint density at radius 2 is 1.63 bits per heavy atom. The lowest BCUT2D eigenvalue weighted by Gasteiger charge is -2.22. The number of aliphatic imine (C=N–C) groups is 1. The van der Waals surface area contributed by atoms with E-state index in [4.69, 9.17) is 15.2 Å². The van der Waals surface area contributed by atoms with E-state index in [-0.39, 0.29) is 18.0 Å². The molecule has 5 rings (SSSR count). The number of rotatable bonds is 10. The number of hydrogen-bond donors (Lipinski definition) is 1. The van der Waals surface area contributed by atoms with Crippen molar-refractivity contribution in [3.05, 3.63) is 82.0 Å². The van der Waals surface area contributed by atoms with Crippen LogP contribution >= 0.6 is 0 Å². The fourth-order valence-corrected chi connectivity index (χ4v) is 5.24. The van der Waals surface area contributed by atoms with E-state index < -0.39 is 0 Å². The van der Waals surface area contributed by atoms with Gasteiger partial charge in [-0.2, -0.15) is 9.97 Å². The molecule has 43 heavy (non-hydrogen) atoms. The standard InChI is InChI=1S/C33H36N6O4/c1-5-12-38(13-6-2)32(40)25-16-24-8-7-22(17-27(24)35-28(34)18-25)21-9-10-26-23(15-21)11-14-39(33(26)41)20-29-36-30(42-3)19-31(37-29)43-4/h7-11,14-17,19H,5-6,12-13,18,20H2,1-4H3,(H2,34,35). The van der Waals surface area contributed by atoms with Gasteiger partial charge >= 0.3 is 0 Å². The van der Waals surface area contributed by atoms with E-state index in [1.54, 1.807) is 16.8 Å². The first-order valence-corrected chi connectivity index (χ1v) is 14.4. The molecule has 0 bridgehead atoms. The van der Waals surface area contributed by atoms with Crippen molar-refractivity contribution in [2.45, 2.75) is 39.7 Å². The van der Waals surface area contributed by atoms with Crippen LogP contribution in [0, 0.1) is 0 Å². The summed E-state index contributed by atoms with van der Waals surface area (Å²) in [5.74, 6) is 1.54. The third kappa shape index (κ3) is 6.43. The van der Waals surface area contributed by atoms with Crippen molar-refractivity contribution in [3.63, 3.8) is 0 Å². The third-order valence-electron chi connectivity index (χ3n) is 7.31. The number of pyridine rings is 1. The van der Waals surface area contributed by atoms with Crippen LogP contribution in [0.2, 0.25) is 0 Å². The summed E-state index contributed by atoms with van der Waals surface area (Å²) in [5, 5.41) is 1.38. The summed E-state index contributed by atoms with van der Waals surface area (Å²) in [6, 6.07) is 15.1. The van der Waals surface area contributed by atoms with Crippen molar-refractivity contribution < 1.29 is 14.3 Å². The van der Waals surface area contributed by atoms with Gasteiger partial charge in [0.25, 0.3) is 5.56 Å². The van der Waals surface area contributed by atoms with Crippen LogP contribution in [0.3, 0.4) is 0 Å². The van der Waals surface area contributed by atoms with Gasteiger partial charge < -0.3 is 24.7 Å². The summed E-state index contributed by atoms with van der Waals surface area (Å²) in [7, 11) is 3.03. The fraction of sp³-hybridized carbons (Fsp3) is 0.303. The molecular formula is C33H36N6O4. The van der Waals surface area contributed by atoms with E-state index in [0.29, 0.717) is 59.6 Å². The van der Waals surface area contributed by atoms with Crippen LogP contribution in [0.1, 0.15) is 44.5 Å². The molecule has 0 saturated carbocycles. The number of methoxy groups -OCH3 is 2. The van der Waals surface area contributed by atoms with Crippen LogP contribution in [0.5, 0.6) is 11.8 Å². The summed E-state index contributed by atoms with van der Waals surface area (Å²) in [6.07, 6.45) is 5.74. The Morgan fingerprint density at radius 1 is 0.953 bits per heavy atom. The Balaban J connectivity index is 1.44. The maximum Gasteiger partial charge on any atom is 0.258 e. The molecule has 1 aliphatic rings. The van der Waals surface area contributed by atoms with Crippen LogP contribution in [0.25, 0.3) is 28.0 Å². The van der Waals surface area contributed by atoms with Crippen molar-refractivity contribution in [1.29, 1.82) is 0 Å². The highest BCUT2D eigenvalue weighted by Crippen LogP contribution is 2.33. The van der Waals surface area contributed by atoms with E-state index >= 15 is 0 Å². The Kier molecular flexibility index (Phi) is 8.85. The van der Waals surface area contributed by atoms with E-state index in [1.807, 2.05) is 53.4 Å². The predicted octanol–water partition coefficient (Wildman–Crippen LogP) is 4.95. The zero-order valence-corrected chi connectivity index (χ0v) is 25.0. The van der Waals surface area contributed by atoms with Gasteiger partial charge in [0.2, 0.25) is 17.7 Å². The molecule has 0 atom stereocenters. The monoisotopic (exact) mass is 580 g/mol. The molecule has 0 spiro atoms. The van der Waals surface area contributed by atoms with Gasteiger partial charge in [0.05, 0.1) is 32.5 Å². The number of fused-ring (bicyclic) bond motifs is 2. The summed E-state index contributed by atoms with van der Waals surface area (Å²) in [4.78, 5) is 41.9. The lowest BCUT2D eigenvalue weighted by molar-refractivity contribution is -0.127. The molecule has 0 saturated heterocycles. The van der Waals surface area contributed by atoms with E-state index in [2.05, 4.69) is 28.8 Å². The summed E-state index contributed by atoms with van der Waals surface area (Å²) < 4.78 is 12.0. The molecular weight excluding hydrogens is 544 g/mol. The molecule has 2 aromatic carbocycles. The Morgan fingerprint density at radius 3 is 2.30 bits per heavy atom. The van der Waals surface area contributed by atoms with Crippen molar-refractivity contribution >= 4 is 34.3 Å². The van der Waals surface area contributed by atoms with Gasteiger partial charge in [-0.05, 0) is 59.7 Å². The molecule has 2 aromatic heterocycles. The average Bonchev–Trinajstić information content (AvgIpc) is 3.19. The molecule has 10 nitrogen and oxygen atoms in total. The topological polar surface area (TPSA) is 125 Å². The number of nitrogens with zero attached hydrogens (tertiary/aromatic N) is 5. The van der Waals surface area contributed by atoms with Crippen LogP contribution in [-0.4, -0.2) is 58.5 Å². The first-order chi connectivity index (χ1) is 20.8. The molecule has 222 valence electrons. The third-order valence-corrected chi connectivity index (χ3v) is 7.31. The first-order valence-electron chi connectivity index (χ1n) is 14.4. The van der Waals surface area contributed by atoms with Gasteiger partial charge in [-0.15, -0.1) is 0 Å². The van der Waals surface area contributed by atoms with Crippen LogP contribution < -0.4 is 20.8 Å². The molecule has 10 heteroatoms. The Hall–Kier alpha value is -4.99. The predicted molar refractivity (Wildman–Crippen MR) is 169 cm³/mol. The first kappa shape index (κ1) is 29.5. The number of hydrogen-bond acceptors (Lipinski definition) is 8. The summed E-state index contributed by atoms with van der Waals surface area (Å²) >= 11 is 0. The number of nitrogens with two attached hydrogens (primary N) is 1. The zero-order chi connectivity index (χ0) is 30.5. The maximum atomic E-state index is 13.3. The molecule has 0 unspecified atom stereocenters. The van der Waals surface area contributed by atoms with Crippen LogP contribution in [0.4, 0.5) is 5.69 Å². The van der Waals surface area contributed by atoms with Gasteiger partial charge in [-0.1, -0.05) is 32.0 Å². The molecule has 0 radical (unpaired) electrons. The van der Waals surface area contributed by atoms with Crippen molar-refractivity contribution in [2.24, 2.45) is 10.7 Å². The van der Waals surface area contributed by atoms with Crippen molar-refractivity contribution in [2.75, 3.05) is 27.3 Å². The minimum absolute atomic E-state index is 0.0102. The van der Waals surface area contributed by atoms with Crippen LogP contribution in [-0.2, 0) is 11.3 Å². The van der Waals surface area contributed by atoms with Crippen molar-refractivity contribution in [1.82, 2.24) is 19.4 Å². The summed E-state index contributed by atoms with van der Waals surface area (Å²) in [6.45, 7) is 5.73. The molecule has 1 amide bonds. The van der Waals surface area contributed by atoms with Crippen LogP contribution in [0.15, 0.2) is 70.1 Å². The molecule has 0 fully saturated rings. The van der Waals surface area contributed by atoms with E-state index in [0.717, 1.165) is 34.9 Å². The van der Waals surface area contributed by atoms with Crippen molar-refractivity contribution in [3.8, 4) is 22.9 Å². The normalized spacial score (nSPS) is 12.7. The summed E-state index contributed by atoms with van der Waals surface area (Å²) in [5.41, 5.74) is 10.2. The second kappa shape index (κ2) is 12.9. The zero-order valence-electron chi connectivity index (χ0n) is 25.0. The number of benzene rings is 2. The maximum absolute atomic E-state index is 13.3. The number of amides is 1. The average molecular weight is 581 g/mol. The molecule has 1 aliphatic heterocycles. The van der Waals surface area contributed by atoms with E-state index in [1.165, 1.54) is 14.2 Å². The molecule has 4 aromatic rings. The number of amidine groups is 1. The Labute approximate surface area is 250 Å². The smallest absolute Gasteiger partial charge is 0.258 e. The minimum atomic E-state index is -0.156. The second-order valence-electron chi connectivity index (χ2n) is 10.4. The molecule has 0 aliphatic carbocycles. The van der Waals surface area contributed by atoms with Gasteiger partial charge in [0.1, 0.15) is 5.84 Å². The van der Waals surface area contributed by atoms with Gasteiger partial charge in [-0.25, -0.2) is 4.99 Å². The highest BCUT2D eigenvalue weighted by Gasteiger charge is 2.21. The highest BCUT2D eigenvalue weighted by molar-refractivity contribution is 6.05. The number of carbonyl (C=O) groups is 1. The fourth-order valence-electron chi connectivity index (χ4n) is 5.24. The quantitative estimate of drug-likeness (QED) is 0.281. The SMILES string of the molecule is CCCN(CCC)C(=O)C1=Cc2ccc(-c3ccc4c(=O)n(Cc5nc(OC)cc(OC)n5)ccc4c3)cc2N=C(N)C1. The van der Waals surface area contributed by atoms with Gasteiger partial charge in [-0.3, -0.25) is 9.59 Å². The lowest BCUT2D eigenvalue weighted by atomic mass is 9.99. The van der Waals surface area contributed by atoms with Gasteiger partial charge in [0, 0.05) is 42.2 Å². The molecule has 2 N–H and O–H groups in total. The number of aromatic nitrogens is 3.